The summed E-state index contributed by atoms with van der Waals surface area (Å²) in [5.74, 6) is -4.28. The number of rotatable bonds is 5. The van der Waals surface area contributed by atoms with E-state index in [-0.39, 0.29) is 35.1 Å². The second kappa shape index (κ2) is 6.96. The molecule has 0 aliphatic heterocycles. The van der Waals surface area contributed by atoms with Crippen LogP contribution in [0.3, 0.4) is 0 Å². The first-order valence-electron chi connectivity index (χ1n) is 7.48. The number of alkyl halides is 2. The highest BCUT2D eigenvalue weighted by atomic mass is 35.5. The van der Waals surface area contributed by atoms with Gasteiger partial charge in [0.2, 0.25) is 5.92 Å². The lowest BCUT2D eigenvalue weighted by molar-refractivity contribution is -0.143. The van der Waals surface area contributed by atoms with Crippen LogP contribution in [0, 0.1) is 5.92 Å². The predicted molar refractivity (Wildman–Crippen MR) is 86.2 cm³/mol. The minimum absolute atomic E-state index is 0.000606. The zero-order chi connectivity index (χ0) is 18.1. The topological polar surface area (TPSA) is 60.4 Å². The van der Waals surface area contributed by atoms with Gasteiger partial charge >= 0.3 is 5.97 Å². The lowest BCUT2D eigenvalue weighted by atomic mass is 9.88. The average molecular weight is 381 g/mol. The zero-order valence-electron chi connectivity index (χ0n) is 13.4. The Morgan fingerprint density at radius 2 is 2.12 bits per heavy atom. The van der Waals surface area contributed by atoms with Gasteiger partial charge in [-0.25, -0.2) is 17.2 Å². The van der Waals surface area contributed by atoms with Gasteiger partial charge in [-0.05, 0) is 36.5 Å². The third kappa shape index (κ3) is 4.45. The largest absolute Gasteiger partial charge is 0.469 e. The van der Waals surface area contributed by atoms with Gasteiger partial charge in [0.15, 0.2) is 9.84 Å². The van der Waals surface area contributed by atoms with E-state index < -0.39 is 27.6 Å². The second-order valence-corrected chi connectivity index (χ2v) is 8.63. The highest BCUT2D eigenvalue weighted by Gasteiger charge is 2.41. The summed E-state index contributed by atoms with van der Waals surface area (Å²) in [4.78, 5) is 12.0. The Bertz CT molecular complexity index is 734. The molecule has 2 rings (SSSR count). The summed E-state index contributed by atoms with van der Waals surface area (Å²) in [6, 6.07) is 4.20. The Balaban J connectivity index is 2.29. The maximum absolute atomic E-state index is 13.4. The highest BCUT2D eigenvalue weighted by molar-refractivity contribution is 7.90. The van der Waals surface area contributed by atoms with E-state index in [1.165, 1.54) is 25.3 Å². The van der Waals surface area contributed by atoms with Gasteiger partial charge in [0.25, 0.3) is 0 Å². The van der Waals surface area contributed by atoms with E-state index in [0.717, 1.165) is 6.26 Å². The van der Waals surface area contributed by atoms with Crippen molar-refractivity contribution in [3.63, 3.8) is 0 Å². The van der Waals surface area contributed by atoms with Crippen molar-refractivity contribution in [1.82, 2.24) is 0 Å². The van der Waals surface area contributed by atoms with Crippen LogP contribution in [0.1, 0.15) is 37.2 Å². The van der Waals surface area contributed by atoms with Crippen LogP contribution in [-0.4, -0.2) is 33.7 Å². The van der Waals surface area contributed by atoms with Gasteiger partial charge < -0.3 is 4.74 Å². The average Bonchev–Trinajstić information content (AvgIpc) is 2.81. The van der Waals surface area contributed by atoms with Crippen LogP contribution in [0.4, 0.5) is 8.78 Å². The van der Waals surface area contributed by atoms with Gasteiger partial charge in [-0.15, -0.1) is 0 Å². The van der Waals surface area contributed by atoms with Crippen molar-refractivity contribution >= 4 is 27.4 Å². The highest BCUT2D eigenvalue weighted by Crippen LogP contribution is 2.43. The summed E-state index contributed by atoms with van der Waals surface area (Å²) in [6.07, 6.45) is 1.16. The number of halogens is 3. The molecule has 1 aliphatic carbocycles. The molecule has 134 valence electrons. The van der Waals surface area contributed by atoms with Gasteiger partial charge in [-0.1, -0.05) is 17.7 Å². The minimum Gasteiger partial charge on any atom is -0.469 e. The van der Waals surface area contributed by atoms with Gasteiger partial charge in [0, 0.05) is 19.1 Å². The maximum Gasteiger partial charge on any atom is 0.313 e. The third-order valence-corrected chi connectivity index (χ3v) is 5.90. The summed E-state index contributed by atoms with van der Waals surface area (Å²) in [7, 11) is -2.26. The van der Waals surface area contributed by atoms with E-state index in [1.54, 1.807) is 0 Å². The van der Waals surface area contributed by atoms with Crippen molar-refractivity contribution in [2.24, 2.45) is 5.92 Å². The maximum atomic E-state index is 13.4. The molecule has 0 N–H and O–H groups in total. The Morgan fingerprint density at radius 3 is 2.58 bits per heavy atom. The van der Waals surface area contributed by atoms with E-state index in [9.17, 15) is 22.0 Å². The fourth-order valence-corrected chi connectivity index (χ4v) is 4.46. The van der Waals surface area contributed by atoms with Gasteiger partial charge in [0.1, 0.15) is 0 Å². The summed E-state index contributed by atoms with van der Waals surface area (Å²) in [6.45, 7) is 0. The number of methoxy groups -OCH3 is 1. The molecule has 0 heterocycles. The summed E-state index contributed by atoms with van der Waals surface area (Å²) >= 11 is 6.02. The van der Waals surface area contributed by atoms with Crippen molar-refractivity contribution in [2.45, 2.75) is 42.4 Å². The molecule has 0 aromatic heterocycles. The minimum atomic E-state index is -3.49. The summed E-state index contributed by atoms with van der Waals surface area (Å²) in [5.41, 5.74) is 0.467. The molecule has 24 heavy (non-hydrogen) atoms. The number of benzene rings is 1. The van der Waals surface area contributed by atoms with Crippen LogP contribution < -0.4 is 0 Å². The Kier molecular flexibility index (Phi) is 5.54. The van der Waals surface area contributed by atoms with Gasteiger partial charge in [0.05, 0.1) is 22.9 Å². The normalized spacial score (nSPS) is 21.5. The number of esters is 1. The van der Waals surface area contributed by atoms with Crippen molar-refractivity contribution < 1.29 is 26.7 Å². The summed E-state index contributed by atoms with van der Waals surface area (Å²) in [5, 5.41) is 0.000606. The fourth-order valence-electron chi connectivity index (χ4n) is 3.12. The number of ether oxygens (including phenoxy) is 1. The molecule has 2 atom stereocenters. The first-order valence-corrected chi connectivity index (χ1v) is 9.75. The van der Waals surface area contributed by atoms with Gasteiger partial charge in [-0.3, -0.25) is 4.79 Å². The molecule has 0 amide bonds. The molecule has 1 saturated carbocycles. The third-order valence-electron chi connectivity index (χ3n) is 4.32. The van der Waals surface area contributed by atoms with Gasteiger partial charge in [-0.2, -0.15) is 0 Å². The molecule has 0 unspecified atom stereocenters. The van der Waals surface area contributed by atoms with Crippen LogP contribution in [0.25, 0.3) is 0 Å². The lowest BCUT2D eigenvalue weighted by Crippen LogP contribution is -2.18. The van der Waals surface area contributed by atoms with Crippen molar-refractivity contribution in [3.05, 3.63) is 28.8 Å². The standard InChI is InChI=1S/C16H19ClF2O4S/c1-23-15(20)12(7-10-5-6-16(18,19)9-10)11-3-4-14(13(17)8-11)24(2,21)22/h3-4,8,10,12H,5-7,9H2,1-2H3/t10-,12-/m1/s1. The second-order valence-electron chi connectivity index (χ2n) is 6.24. The summed E-state index contributed by atoms with van der Waals surface area (Å²) < 4.78 is 54.8. The molecule has 0 saturated heterocycles. The molecule has 1 aromatic rings. The van der Waals surface area contributed by atoms with E-state index >= 15 is 0 Å². The molecule has 0 spiro atoms. The molecule has 4 nitrogen and oxygen atoms in total. The number of hydrogen-bond donors (Lipinski definition) is 0. The molecule has 0 bridgehead atoms. The fraction of sp³-hybridized carbons (Fsp3) is 0.562. The molecule has 1 aromatic carbocycles. The SMILES string of the molecule is COC(=O)[C@H](C[C@H]1CCC(F)(F)C1)c1ccc(S(C)(=O)=O)c(Cl)c1. The number of sulfone groups is 1. The van der Waals surface area contributed by atoms with Crippen molar-refractivity contribution in [1.29, 1.82) is 0 Å². The molecular formula is C16H19ClF2O4S. The Labute approximate surface area is 145 Å². The lowest BCUT2D eigenvalue weighted by Gasteiger charge is -2.20. The smallest absolute Gasteiger partial charge is 0.313 e. The molecular weight excluding hydrogens is 362 g/mol. The monoisotopic (exact) mass is 380 g/mol. The van der Waals surface area contributed by atoms with Crippen molar-refractivity contribution in [2.75, 3.05) is 13.4 Å². The number of hydrogen-bond acceptors (Lipinski definition) is 4. The van der Waals surface area contributed by atoms with E-state index in [0.29, 0.717) is 12.0 Å². The molecule has 0 radical (unpaired) electrons. The molecule has 8 heteroatoms. The van der Waals surface area contributed by atoms with E-state index in [1.807, 2.05) is 0 Å². The predicted octanol–water partition coefficient (Wildman–Crippen LogP) is 3.83. The zero-order valence-corrected chi connectivity index (χ0v) is 15.0. The first kappa shape index (κ1) is 19.1. The van der Waals surface area contributed by atoms with E-state index in [4.69, 9.17) is 16.3 Å². The quantitative estimate of drug-likeness (QED) is 0.728. The Morgan fingerprint density at radius 1 is 1.46 bits per heavy atom. The van der Waals surface area contributed by atoms with Crippen LogP contribution in [0.2, 0.25) is 5.02 Å². The van der Waals surface area contributed by atoms with Crippen LogP contribution in [0.5, 0.6) is 0 Å². The van der Waals surface area contributed by atoms with Crippen molar-refractivity contribution in [3.8, 4) is 0 Å². The van der Waals surface area contributed by atoms with Crippen LogP contribution in [-0.2, 0) is 19.4 Å². The number of carbonyl (C=O) groups is 1. The van der Waals surface area contributed by atoms with Crippen LogP contribution in [0.15, 0.2) is 23.1 Å². The Hall–Kier alpha value is -1.21. The first-order chi connectivity index (χ1) is 11.0. The van der Waals surface area contributed by atoms with E-state index in [2.05, 4.69) is 0 Å². The molecule has 1 aliphatic rings. The van der Waals surface area contributed by atoms with Crippen LogP contribution >= 0.6 is 11.6 Å². The number of carbonyl (C=O) groups excluding carboxylic acids is 1. The molecule has 1 fully saturated rings.